The molecule has 0 unspecified atom stereocenters. The zero-order valence-corrected chi connectivity index (χ0v) is 21.6. The molecular formula is C30H35N3O3. The van der Waals surface area contributed by atoms with E-state index in [-0.39, 0.29) is 5.91 Å². The maximum atomic E-state index is 13.3. The molecule has 0 fully saturated rings. The minimum Gasteiger partial charge on any atom is -0.490 e. The van der Waals surface area contributed by atoms with Crippen LogP contribution < -0.4 is 20.1 Å². The molecule has 0 radical (unpaired) electrons. The Morgan fingerprint density at radius 3 is 2.22 bits per heavy atom. The quantitative estimate of drug-likeness (QED) is 0.314. The van der Waals surface area contributed by atoms with Gasteiger partial charge in [0.2, 0.25) is 0 Å². The van der Waals surface area contributed by atoms with Gasteiger partial charge in [0.25, 0.3) is 5.91 Å². The second-order valence-corrected chi connectivity index (χ2v) is 8.84. The molecule has 0 saturated heterocycles. The lowest BCUT2D eigenvalue weighted by Gasteiger charge is -2.17. The van der Waals surface area contributed by atoms with E-state index in [0.717, 1.165) is 42.0 Å². The van der Waals surface area contributed by atoms with E-state index < -0.39 is 0 Å². The first-order valence-corrected chi connectivity index (χ1v) is 12.6. The van der Waals surface area contributed by atoms with Crippen LogP contribution >= 0.6 is 0 Å². The van der Waals surface area contributed by atoms with Crippen LogP contribution in [0.15, 0.2) is 66.7 Å². The summed E-state index contributed by atoms with van der Waals surface area (Å²) in [6.07, 6.45) is 1.13. The number of rotatable bonds is 11. The average Bonchev–Trinajstić information content (AvgIpc) is 3.19. The Kier molecular flexibility index (Phi) is 8.28. The molecule has 2 N–H and O–H groups in total. The molecule has 1 heterocycles. The molecule has 4 rings (SSSR count). The lowest BCUT2D eigenvalue weighted by atomic mass is 9.99. The van der Waals surface area contributed by atoms with E-state index in [0.29, 0.717) is 36.0 Å². The van der Waals surface area contributed by atoms with Crippen LogP contribution in [0.1, 0.15) is 43.9 Å². The van der Waals surface area contributed by atoms with Crippen LogP contribution in [0.25, 0.3) is 11.3 Å². The molecule has 1 amide bonds. The molecule has 0 atom stereocenters. The molecule has 6 nitrogen and oxygen atoms in total. The molecule has 0 spiro atoms. The molecule has 188 valence electrons. The molecular weight excluding hydrogens is 450 g/mol. The summed E-state index contributed by atoms with van der Waals surface area (Å²) < 4.78 is 11.6. The number of nitrogens with zero attached hydrogens (tertiary/aromatic N) is 1. The maximum absolute atomic E-state index is 13.3. The van der Waals surface area contributed by atoms with Gasteiger partial charge in [0.05, 0.1) is 30.2 Å². The van der Waals surface area contributed by atoms with Gasteiger partial charge in [-0.1, -0.05) is 49.4 Å². The first-order valence-electron chi connectivity index (χ1n) is 12.6. The topological polar surface area (TPSA) is 62.8 Å². The van der Waals surface area contributed by atoms with Crippen molar-refractivity contribution >= 4 is 28.6 Å². The van der Waals surface area contributed by atoms with Crippen LogP contribution in [0.2, 0.25) is 0 Å². The van der Waals surface area contributed by atoms with Crippen LogP contribution in [0.3, 0.4) is 0 Å². The predicted molar refractivity (Wildman–Crippen MR) is 147 cm³/mol. The minimum absolute atomic E-state index is 0.162. The Morgan fingerprint density at radius 2 is 1.58 bits per heavy atom. The highest BCUT2D eigenvalue weighted by Gasteiger charge is 2.30. The normalized spacial score (nSPS) is 13.9. The Morgan fingerprint density at radius 1 is 0.917 bits per heavy atom. The largest absolute Gasteiger partial charge is 0.490 e. The summed E-state index contributed by atoms with van der Waals surface area (Å²) in [5.41, 5.74) is 5.91. The number of hydrogen-bond donors (Lipinski definition) is 2. The smallest absolute Gasteiger partial charge is 0.258 e. The van der Waals surface area contributed by atoms with Crippen molar-refractivity contribution < 1.29 is 14.3 Å². The molecule has 36 heavy (non-hydrogen) atoms. The van der Waals surface area contributed by atoms with E-state index in [4.69, 9.17) is 9.47 Å². The van der Waals surface area contributed by atoms with E-state index in [1.54, 1.807) is 0 Å². The van der Waals surface area contributed by atoms with Crippen LogP contribution in [0, 0.1) is 0 Å². The van der Waals surface area contributed by atoms with Gasteiger partial charge >= 0.3 is 0 Å². The van der Waals surface area contributed by atoms with Crippen molar-refractivity contribution in [3.63, 3.8) is 0 Å². The van der Waals surface area contributed by atoms with Crippen LogP contribution in [0.4, 0.5) is 11.4 Å². The second kappa shape index (κ2) is 11.8. The highest BCUT2D eigenvalue weighted by atomic mass is 16.5. The van der Waals surface area contributed by atoms with Crippen molar-refractivity contribution in [1.29, 1.82) is 0 Å². The van der Waals surface area contributed by atoms with Gasteiger partial charge in [-0.2, -0.15) is 0 Å². The maximum Gasteiger partial charge on any atom is 0.258 e. The summed E-state index contributed by atoms with van der Waals surface area (Å²) >= 11 is 0. The van der Waals surface area contributed by atoms with Gasteiger partial charge in [0.1, 0.15) is 0 Å². The lowest BCUT2D eigenvalue weighted by molar-refractivity contribution is -0.110. The molecule has 1 aliphatic heterocycles. The van der Waals surface area contributed by atoms with Gasteiger partial charge in [0.15, 0.2) is 11.5 Å². The highest BCUT2D eigenvalue weighted by Crippen LogP contribution is 2.43. The van der Waals surface area contributed by atoms with Gasteiger partial charge in [-0.15, -0.1) is 0 Å². The predicted octanol–water partition coefficient (Wildman–Crippen LogP) is 6.26. The molecule has 0 aliphatic carbocycles. The average molecular weight is 486 g/mol. The number of ether oxygens (including phenoxy) is 2. The summed E-state index contributed by atoms with van der Waals surface area (Å²) in [7, 11) is 2.14. The van der Waals surface area contributed by atoms with Crippen LogP contribution in [-0.2, 0) is 11.3 Å². The monoisotopic (exact) mass is 485 g/mol. The summed E-state index contributed by atoms with van der Waals surface area (Å²) in [6, 6.07) is 22.1. The summed E-state index contributed by atoms with van der Waals surface area (Å²) in [4.78, 5) is 15.6. The SMILES string of the molecule is CCCN(C)Cc1ccc(N/C(=C2\C(=O)Nc3cc(OCC)c(OCC)cc32)c2ccccc2)cc1. The van der Waals surface area contributed by atoms with Gasteiger partial charge in [-0.3, -0.25) is 4.79 Å². The number of hydrogen-bond acceptors (Lipinski definition) is 5. The Labute approximate surface area is 213 Å². The standard InChI is InChI=1S/C30H35N3O3/c1-5-17-33(4)20-21-13-15-23(16-14-21)31-29(22-11-9-8-10-12-22)28-24-18-26(35-6-2)27(36-7-3)19-25(24)32-30(28)34/h8-16,18-19,31H,5-7,17,20H2,1-4H3,(H,32,34)/b29-28-. The zero-order chi connectivity index (χ0) is 25.5. The minimum atomic E-state index is -0.162. The molecule has 3 aromatic carbocycles. The van der Waals surface area contributed by atoms with E-state index in [9.17, 15) is 4.79 Å². The second-order valence-electron chi connectivity index (χ2n) is 8.84. The number of fused-ring (bicyclic) bond motifs is 1. The van der Waals surface area contributed by atoms with Gasteiger partial charge < -0.3 is 25.0 Å². The van der Waals surface area contributed by atoms with Crippen molar-refractivity contribution in [2.24, 2.45) is 0 Å². The third kappa shape index (κ3) is 5.71. The number of carbonyl (C=O) groups excluding carboxylic acids is 1. The Bertz CT molecular complexity index is 1220. The third-order valence-corrected chi connectivity index (χ3v) is 6.02. The number of carbonyl (C=O) groups is 1. The number of benzene rings is 3. The third-order valence-electron chi connectivity index (χ3n) is 6.02. The van der Waals surface area contributed by atoms with Crippen molar-refractivity contribution in [2.45, 2.75) is 33.7 Å². The number of amides is 1. The molecule has 0 aromatic heterocycles. The summed E-state index contributed by atoms with van der Waals surface area (Å²) in [6.45, 7) is 9.03. The summed E-state index contributed by atoms with van der Waals surface area (Å²) in [5, 5.41) is 6.56. The van der Waals surface area contributed by atoms with Gasteiger partial charge in [0, 0.05) is 23.9 Å². The first kappa shape index (κ1) is 25.3. The Hall–Kier alpha value is -3.77. The van der Waals surface area contributed by atoms with E-state index in [1.807, 2.05) is 56.3 Å². The number of anilines is 2. The van der Waals surface area contributed by atoms with Crippen molar-refractivity contribution in [2.75, 3.05) is 37.4 Å². The Balaban J connectivity index is 1.75. The lowest BCUT2D eigenvalue weighted by Crippen LogP contribution is -2.18. The highest BCUT2D eigenvalue weighted by molar-refractivity contribution is 6.37. The van der Waals surface area contributed by atoms with Crippen LogP contribution in [-0.4, -0.2) is 37.6 Å². The fourth-order valence-corrected chi connectivity index (χ4v) is 4.46. The molecule has 1 aliphatic rings. The van der Waals surface area contributed by atoms with Gasteiger partial charge in [-0.05, 0) is 63.2 Å². The molecule has 0 bridgehead atoms. The fraction of sp³-hybridized carbons (Fsp3) is 0.300. The first-order chi connectivity index (χ1) is 17.5. The summed E-state index contributed by atoms with van der Waals surface area (Å²) in [5.74, 6) is 1.09. The van der Waals surface area contributed by atoms with Crippen molar-refractivity contribution in [3.05, 3.63) is 83.4 Å². The molecule has 6 heteroatoms. The fourth-order valence-electron chi connectivity index (χ4n) is 4.46. The van der Waals surface area contributed by atoms with E-state index in [2.05, 4.69) is 53.8 Å². The zero-order valence-electron chi connectivity index (χ0n) is 21.6. The van der Waals surface area contributed by atoms with Gasteiger partial charge in [-0.25, -0.2) is 0 Å². The number of nitrogens with one attached hydrogen (secondary N) is 2. The molecule has 0 saturated carbocycles. The van der Waals surface area contributed by atoms with Crippen LogP contribution in [0.5, 0.6) is 11.5 Å². The van der Waals surface area contributed by atoms with E-state index >= 15 is 0 Å². The van der Waals surface area contributed by atoms with E-state index in [1.165, 1.54) is 5.56 Å². The van der Waals surface area contributed by atoms with Crippen molar-refractivity contribution in [1.82, 2.24) is 4.90 Å². The molecule has 3 aromatic rings. The van der Waals surface area contributed by atoms with Crippen molar-refractivity contribution in [3.8, 4) is 11.5 Å².